The van der Waals surface area contributed by atoms with Gasteiger partial charge in [-0.2, -0.15) is 5.26 Å². The van der Waals surface area contributed by atoms with E-state index in [4.69, 9.17) is 14.7 Å². The molecule has 0 radical (unpaired) electrons. The summed E-state index contributed by atoms with van der Waals surface area (Å²) in [4.78, 5) is 3.11. The summed E-state index contributed by atoms with van der Waals surface area (Å²) in [7, 11) is 0. The Kier molecular flexibility index (Phi) is 4.46. The lowest BCUT2D eigenvalue weighted by Gasteiger charge is -2.14. The number of H-pyrrole nitrogens is 1. The molecule has 0 amide bonds. The van der Waals surface area contributed by atoms with Gasteiger partial charge in [0.25, 0.3) is 0 Å². The van der Waals surface area contributed by atoms with Gasteiger partial charge >= 0.3 is 0 Å². The Morgan fingerprint density at radius 3 is 2.78 bits per heavy atom. The molecule has 1 atom stereocenters. The maximum Gasteiger partial charge on any atom is 0.128 e. The lowest BCUT2D eigenvalue weighted by atomic mass is 10.2. The molecule has 1 heterocycles. The van der Waals surface area contributed by atoms with Crippen molar-refractivity contribution < 1.29 is 14.6 Å². The van der Waals surface area contributed by atoms with Crippen LogP contribution in [0.2, 0.25) is 0 Å². The fraction of sp³-hybridized carbons (Fsp3) is 0.167. The van der Waals surface area contributed by atoms with E-state index in [1.807, 2.05) is 36.5 Å². The van der Waals surface area contributed by atoms with Crippen molar-refractivity contribution in [2.45, 2.75) is 6.10 Å². The van der Waals surface area contributed by atoms with Gasteiger partial charge in [0, 0.05) is 17.1 Å². The monoisotopic (exact) mass is 308 g/mol. The molecule has 1 aromatic heterocycles. The molecule has 5 heteroatoms. The van der Waals surface area contributed by atoms with Crippen molar-refractivity contribution in [1.29, 1.82) is 5.26 Å². The first-order valence-electron chi connectivity index (χ1n) is 7.26. The van der Waals surface area contributed by atoms with Gasteiger partial charge < -0.3 is 19.6 Å². The van der Waals surface area contributed by atoms with Crippen molar-refractivity contribution in [3.8, 4) is 17.6 Å². The van der Waals surface area contributed by atoms with E-state index in [-0.39, 0.29) is 13.2 Å². The number of hydrogen-bond acceptors (Lipinski definition) is 4. The van der Waals surface area contributed by atoms with E-state index in [2.05, 4.69) is 4.98 Å². The Balaban J connectivity index is 1.54. The summed E-state index contributed by atoms with van der Waals surface area (Å²) in [5.74, 6) is 1.27. The van der Waals surface area contributed by atoms with Crippen molar-refractivity contribution in [2.24, 2.45) is 0 Å². The van der Waals surface area contributed by atoms with Crippen molar-refractivity contribution in [3.05, 3.63) is 60.3 Å². The van der Waals surface area contributed by atoms with Crippen LogP contribution in [0.4, 0.5) is 0 Å². The van der Waals surface area contributed by atoms with Crippen LogP contribution >= 0.6 is 0 Å². The molecule has 0 bridgehead atoms. The molecule has 3 aromatic rings. The predicted molar refractivity (Wildman–Crippen MR) is 86.5 cm³/mol. The molecule has 116 valence electrons. The smallest absolute Gasteiger partial charge is 0.128 e. The fourth-order valence-electron chi connectivity index (χ4n) is 2.26. The van der Waals surface area contributed by atoms with Crippen LogP contribution < -0.4 is 9.47 Å². The number of benzene rings is 2. The summed E-state index contributed by atoms with van der Waals surface area (Å²) < 4.78 is 11.2. The van der Waals surface area contributed by atoms with Crippen LogP contribution in [0, 0.1) is 11.3 Å². The molecule has 2 N–H and O–H groups in total. The second kappa shape index (κ2) is 6.86. The van der Waals surface area contributed by atoms with Crippen molar-refractivity contribution in [2.75, 3.05) is 13.2 Å². The number of rotatable bonds is 6. The zero-order valence-corrected chi connectivity index (χ0v) is 12.4. The normalized spacial score (nSPS) is 11.8. The standard InChI is InChI=1S/C18H16N2O3/c19-10-13-3-1-4-15(9-13)22-11-14(21)12-23-18-6-2-5-17-16(18)7-8-20-17/h1-9,14,20-21H,11-12H2/t14-/m1/s1. The molecule has 0 aliphatic heterocycles. The molecule has 0 unspecified atom stereocenters. The summed E-state index contributed by atoms with van der Waals surface area (Å²) in [5.41, 5.74) is 1.51. The van der Waals surface area contributed by atoms with Gasteiger partial charge in [-0.1, -0.05) is 12.1 Å². The number of nitrogens with zero attached hydrogens (tertiary/aromatic N) is 1. The molecule has 2 aromatic carbocycles. The number of aromatic nitrogens is 1. The highest BCUT2D eigenvalue weighted by atomic mass is 16.5. The molecule has 5 nitrogen and oxygen atoms in total. The Labute approximate surface area is 133 Å². The van der Waals surface area contributed by atoms with Crippen LogP contribution in [-0.4, -0.2) is 29.4 Å². The highest BCUT2D eigenvalue weighted by Crippen LogP contribution is 2.24. The zero-order chi connectivity index (χ0) is 16.1. The number of aliphatic hydroxyl groups is 1. The van der Waals surface area contributed by atoms with Crippen LogP contribution in [-0.2, 0) is 0 Å². The first-order chi connectivity index (χ1) is 11.3. The van der Waals surface area contributed by atoms with E-state index >= 15 is 0 Å². The summed E-state index contributed by atoms with van der Waals surface area (Å²) in [6, 6.07) is 16.5. The number of nitriles is 1. The van der Waals surface area contributed by atoms with Crippen LogP contribution in [0.5, 0.6) is 11.5 Å². The highest BCUT2D eigenvalue weighted by molar-refractivity contribution is 5.85. The molecule has 0 saturated heterocycles. The molecule has 3 rings (SSSR count). The van der Waals surface area contributed by atoms with E-state index in [1.165, 1.54) is 0 Å². The highest BCUT2D eigenvalue weighted by Gasteiger charge is 2.09. The van der Waals surface area contributed by atoms with Gasteiger partial charge in [-0.3, -0.25) is 0 Å². The van der Waals surface area contributed by atoms with Gasteiger partial charge in [0.05, 0.1) is 11.6 Å². The molecule has 0 saturated carbocycles. The minimum absolute atomic E-state index is 0.0952. The van der Waals surface area contributed by atoms with E-state index < -0.39 is 6.10 Å². The molecule has 23 heavy (non-hydrogen) atoms. The van der Waals surface area contributed by atoms with Gasteiger partial charge in [-0.05, 0) is 36.4 Å². The molecule has 0 fully saturated rings. The lowest BCUT2D eigenvalue weighted by Crippen LogP contribution is -2.25. The third-order valence-electron chi connectivity index (χ3n) is 3.39. The molecule has 0 spiro atoms. The minimum atomic E-state index is -0.769. The van der Waals surface area contributed by atoms with Crippen LogP contribution in [0.15, 0.2) is 54.7 Å². The zero-order valence-electron chi connectivity index (χ0n) is 12.4. The molecule has 0 aliphatic carbocycles. The second-order valence-electron chi connectivity index (χ2n) is 5.11. The Morgan fingerprint density at radius 1 is 1.09 bits per heavy atom. The SMILES string of the molecule is N#Cc1cccc(OC[C@@H](O)COc2cccc3[nH]ccc23)c1. The van der Waals surface area contributed by atoms with E-state index in [9.17, 15) is 5.11 Å². The summed E-state index contributed by atoms with van der Waals surface area (Å²) in [6.45, 7) is 0.222. The average Bonchev–Trinajstić information content (AvgIpc) is 3.07. The lowest BCUT2D eigenvalue weighted by molar-refractivity contribution is 0.0632. The number of aromatic amines is 1. The third-order valence-corrected chi connectivity index (χ3v) is 3.39. The molecule has 0 aliphatic rings. The van der Waals surface area contributed by atoms with Crippen molar-refractivity contribution in [3.63, 3.8) is 0 Å². The third kappa shape index (κ3) is 3.62. The van der Waals surface area contributed by atoms with Crippen LogP contribution in [0.25, 0.3) is 10.9 Å². The van der Waals surface area contributed by atoms with Crippen molar-refractivity contribution in [1.82, 2.24) is 4.98 Å². The van der Waals surface area contributed by atoms with Crippen LogP contribution in [0.3, 0.4) is 0 Å². The largest absolute Gasteiger partial charge is 0.491 e. The van der Waals surface area contributed by atoms with E-state index in [0.717, 1.165) is 10.9 Å². The minimum Gasteiger partial charge on any atom is -0.491 e. The van der Waals surface area contributed by atoms with Gasteiger partial charge in [-0.25, -0.2) is 0 Å². The average molecular weight is 308 g/mol. The molecular weight excluding hydrogens is 292 g/mol. The maximum absolute atomic E-state index is 10.00. The number of ether oxygens (including phenoxy) is 2. The van der Waals surface area contributed by atoms with E-state index in [0.29, 0.717) is 17.1 Å². The van der Waals surface area contributed by atoms with Crippen molar-refractivity contribution >= 4 is 10.9 Å². The quantitative estimate of drug-likeness (QED) is 0.734. The number of fused-ring (bicyclic) bond motifs is 1. The predicted octanol–water partition coefficient (Wildman–Crippen LogP) is 2.86. The van der Waals surface area contributed by atoms with E-state index in [1.54, 1.807) is 24.3 Å². The van der Waals surface area contributed by atoms with Gasteiger partial charge in [0.1, 0.15) is 30.8 Å². The summed E-state index contributed by atoms with van der Waals surface area (Å²) >= 11 is 0. The maximum atomic E-state index is 10.00. The second-order valence-corrected chi connectivity index (χ2v) is 5.11. The van der Waals surface area contributed by atoms with Gasteiger partial charge in [0.2, 0.25) is 0 Å². The first kappa shape index (κ1) is 14.9. The summed E-state index contributed by atoms with van der Waals surface area (Å²) in [5, 5.41) is 19.8. The fourth-order valence-corrected chi connectivity index (χ4v) is 2.26. The molecular formula is C18H16N2O3. The van der Waals surface area contributed by atoms with Gasteiger partial charge in [-0.15, -0.1) is 0 Å². The summed E-state index contributed by atoms with van der Waals surface area (Å²) in [6.07, 6.45) is 1.08. The first-order valence-corrected chi connectivity index (χ1v) is 7.26. The number of hydrogen-bond donors (Lipinski definition) is 2. The number of aliphatic hydroxyl groups excluding tert-OH is 1. The van der Waals surface area contributed by atoms with Crippen LogP contribution in [0.1, 0.15) is 5.56 Å². The Morgan fingerprint density at radius 2 is 1.91 bits per heavy atom. The van der Waals surface area contributed by atoms with Gasteiger partial charge in [0.15, 0.2) is 0 Å². The Hall–Kier alpha value is -2.97. The topological polar surface area (TPSA) is 78.3 Å². The Bertz CT molecular complexity index is 835. The number of nitrogens with one attached hydrogen (secondary N) is 1.